The van der Waals surface area contributed by atoms with E-state index in [9.17, 15) is 0 Å². The van der Waals surface area contributed by atoms with Crippen LogP contribution in [0.2, 0.25) is 0 Å². The minimum Gasteiger partial charge on any atom is -0.328 e. The number of nitrogens with two attached hydrogens (primary N) is 1. The molecule has 0 atom stereocenters. The second-order valence-corrected chi connectivity index (χ2v) is 5.99. The number of aryl methyl sites for hydroxylation is 1. The first-order chi connectivity index (χ1) is 9.25. The largest absolute Gasteiger partial charge is 0.328 e. The number of hydrogen-bond donors (Lipinski definition) is 1. The van der Waals surface area contributed by atoms with E-state index in [4.69, 9.17) is 5.73 Å². The lowest BCUT2D eigenvalue weighted by molar-refractivity contribution is 0.180. The summed E-state index contributed by atoms with van der Waals surface area (Å²) in [5, 5.41) is 0. The standard InChI is InChI=1S/C17H28N2/c1-19(17-12-10-16(18)11-13-17)14-6-5-9-15-7-3-2-4-8-15/h2-4,7-8,16-17H,5-6,9-14,18H2,1H3. The van der Waals surface area contributed by atoms with Crippen molar-refractivity contribution < 1.29 is 0 Å². The summed E-state index contributed by atoms with van der Waals surface area (Å²) in [6.07, 6.45) is 8.80. The number of nitrogens with zero attached hydrogens (tertiary/aromatic N) is 1. The van der Waals surface area contributed by atoms with Gasteiger partial charge in [-0.2, -0.15) is 0 Å². The molecule has 1 fully saturated rings. The molecular formula is C17H28N2. The van der Waals surface area contributed by atoms with E-state index in [-0.39, 0.29) is 0 Å². The van der Waals surface area contributed by atoms with Crippen LogP contribution in [0, 0.1) is 0 Å². The molecule has 2 rings (SSSR count). The van der Waals surface area contributed by atoms with E-state index in [1.807, 2.05) is 0 Å². The van der Waals surface area contributed by atoms with E-state index >= 15 is 0 Å². The maximum absolute atomic E-state index is 5.96. The zero-order chi connectivity index (χ0) is 13.5. The Hall–Kier alpha value is -0.860. The fourth-order valence-electron chi connectivity index (χ4n) is 3.06. The third-order valence-electron chi connectivity index (χ3n) is 4.43. The summed E-state index contributed by atoms with van der Waals surface area (Å²) in [5.41, 5.74) is 7.43. The molecule has 2 nitrogen and oxygen atoms in total. The molecule has 106 valence electrons. The molecule has 2 N–H and O–H groups in total. The highest BCUT2D eigenvalue weighted by atomic mass is 15.1. The third-order valence-corrected chi connectivity index (χ3v) is 4.43. The molecular weight excluding hydrogens is 232 g/mol. The van der Waals surface area contributed by atoms with Crippen LogP contribution in [0.25, 0.3) is 0 Å². The van der Waals surface area contributed by atoms with Gasteiger partial charge >= 0.3 is 0 Å². The lowest BCUT2D eigenvalue weighted by Crippen LogP contribution is -2.39. The first-order valence-electron chi connectivity index (χ1n) is 7.75. The summed E-state index contributed by atoms with van der Waals surface area (Å²) in [4.78, 5) is 2.55. The normalized spacial score (nSPS) is 23.7. The quantitative estimate of drug-likeness (QED) is 0.796. The fourth-order valence-corrected chi connectivity index (χ4v) is 3.06. The highest BCUT2D eigenvalue weighted by Crippen LogP contribution is 2.21. The Morgan fingerprint density at radius 3 is 2.42 bits per heavy atom. The van der Waals surface area contributed by atoms with Gasteiger partial charge in [-0.1, -0.05) is 30.3 Å². The Kier molecular flexibility index (Phi) is 5.87. The van der Waals surface area contributed by atoms with E-state index in [0.29, 0.717) is 6.04 Å². The van der Waals surface area contributed by atoms with E-state index in [1.54, 1.807) is 0 Å². The van der Waals surface area contributed by atoms with Gasteiger partial charge in [0, 0.05) is 12.1 Å². The molecule has 1 aromatic carbocycles. The molecule has 0 radical (unpaired) electrons. The van der Waals surface area contributed by atoms with Gasteiger partial charge in [-0.25, -0.2) is 0 Å². The van der Waals surface area contributed by atoms with Crippen molar-refractivity contribution in [3.05, 3.63) is 35.9 Å². The van der Waals surface area contributed by atoms with E-state index < -0.39 is 0 Å². The molecule has 2 heteroatoms. The van der Waals surface area contributed by atoms with Gasteiger partial charge in [-0.15, -0.1) is 0 Å². The summed E-state index contributed by atoms with van der Waals surface area (Å²) in [7, 11) is 2.28. The summed E-state index contributed by atoms with van der Waals surface area (Å²) in [5.74, 6) is 0. The molecule has 1 saturated carbocycles. The molecule has 1 aliphatic carbocycles. The van der Waals surface area contributed by atoms with E-state index in [2.05, 4.69) is 42.3 Å². The average Bonchev–Trinajstić information content (AvgIpc) is 2.45. The highest BCUT2D eigenvalue weighted by Gasteiger charge is 2.21. The van der Waals surface area contributed by atoms with Gasteiger partial charge in [0.2, 0.25) is 0 Å². The summed E-state index contributed by atoms with van der Waals surface area (Å²) in [6.45, 7) is 1.23. The first-order valence-corrected chi connectivity index (χ1v) is 7.75. The lowest BCUT2D eigenvalue weighted by atomic mass is 9.91. The van der Waals surface area contributed by atoms with Crippen LogP contribution in [-0.2, 0) is 6.42 Å². The average molecular weight is 260 g/mol. The third kappa shape index (κ3) is 4.96. The molecule has 0 heterocycles. The minimum absolute atomic E-state index is 0.461. The molecule has 1 aliphatic rings. The van der Waals surface area contributed by atoms with Gasteiger partial charge < -0.3 is 10.6 Å². The van der Waals surface area contributed by atoms with Gasteiger partial charge in [0.25, 0.3) is 0 Å². The molecule has 0 aliphatic heterocycles. The van der Waals surface area contributed by atoms with Gasteiger partial charge in [0.1, 0.15) is 0 Å². The van der Waals surface area contributed by atoms with Crippen molar-refractivity contribution in [2.45, 2.75) is 57.0 Å². The van der Waals surface area contributed by atoms with Crippen LogP contribution in [0.3, 0.4) is 0 Å². The highest BCUT2D eigenvalue weighted by molar-refractivity contribution is 5.14. The molecule has 19 heavy (non-hydrogen) atoms. The van der Waals surface area contributed by atoms with Gasteiger partial charge in [-0.05, 0) is 64.1 Å². The molecule has 1 aromatic rings. The Labute approximate surface area is 118 Å². The summed E-state index contributed by atoms with van der Waals surface area (Å²) >= 11 is 0. The Morgan fingerprint density at radius 1 is 1.05 bits per heavy atom. The van der Waals surface area contributed by atoms with Crippen LogP contribution in [0.5, 0.6) is 0 Å². The van der Waals surface area contributed by atoms with Crippen molar-refractivity contribution in [2.75, 3.05) is 13.6 Å². The van der Waals surface area contributed by atoms with Gasteiger partial charge in [0.15, 0.2) is 0 Å². The molecule has 0 unspecified atom stereocenters. The van der Waals surface area contributed by atoms with Crippen molar-refractivity contribution in [3.8, 4) is 0 Å². The first kappa shape index (κ1) is 14.5. The molecule has 0 saturated heterocycles. The zero-order valence-electron chi connectivity index (χ0n) is 12.2. The molecule has 0 amide bonds. The maximum atomic E-state index is 5.96. The van der Waals surface area contributed by atoms with Crippen molar-refractivity contribution in [1.82, 2.24) is 4.90 Å². The van der Waals surface area contributed by atoms with Gasteiger partial charge in [0.05, 0.1) is 0 Å². The predicted molar refractivity (Wildman–Crippen MR) is 82.2 cm³/mol. The van der Waals surface area contributed by atoms with Gasteiger partial charge in [-0.3, -0.25) is 0 Å². The summed E-state index contributed by atoms with van der Waals surface area (Å²) < 4.78 is 0. The second kappa shape index (κ2) is 7.66. The SMILES string of the molecule is CN(CCCCc1ccccc1)C1CCC(N)CC1. The van der Waals surface area contributed by atoms with Crippen LogP contribution >= 0.6 is 0 Å². The van der Waals surface area contributed by atoms with Crippen LogP contribution in [-0.4, -0.2) is 30.6 Å². The van der Waals surface area contributed by atoms with Crippen molar-refractivity contribution in [3.63, 3.8) is 0 Å². The lowest BCUT2D eigenvalue weighted by Gasteiger charge is -2.33. The van der Waals surface area contributed by atoms with E-state index in [0.717, 1.165) is 6.04 Å². The molecule has 0 spiro atoms. The van der Waals surface area contributed by atoms with Crippen molar-refractivity contribution >= 4 is 0 Å². The van der Waals surface area contributed by atoms with Crippen molar-refractivity contribution in [1.29, 1.82) is 0 Å². The number of benzene rings is 1. The smallest absolute Gasteiger partial charge is 0.00933 e. The fraction of sp³-hybridized carbons (Fsp3) is 0.647. The Balaban J connectivity index is 1.60. The van der Waals surface area contributed by atoms with Crippen LogP contribution in [0.4, 0.5) is 0 Å². The Morgan fingerprint density at radius 2 is 1.74 bits per heavy atom. The topological polar surface area (TPSA) is 29.3 Å². The monoisotopic (exact) mass is 260 g/mol. The predicted octanol–water partition coefficient (Wildman–Crippen LogP) is 3.21. The Bertz CT molecular complexity index is 342. The summed E-state index contributed by atoms with van der Waals surface area (Å²) in [6, 6.07) is 12.0. The van der Waals surface area contributed by atoms with Crippen LogP contribution in [0.1, 0.15) is 44.1 Å². The zero-order valence-corrected chi connectivity index (χ0v) is 12.2. The van der Waals surface area contributed by atoms with Crippen LogP contribution in [0.15, 0.2) is 30.3 Å². The van der Waals surface area contributed by atoms with E-state index in [1.165, 1.54) is 57.1 Å². The minimum atomic E-state index is 0.461. The molecule has 0 bridgehead atoms. The van der Waals surface area contributed by atoms with Crippen LogP contribution < -0.4 is 5.73 Å². The maximum Gasteiger partial charge on any atom is 0.00933 e. The van der Waals surface area contributed by atoms with Crippen molar-refractivity contribution in [2.24, 2.45) is 5.73 Å². The number of hydrogen-bond acceptors (Lipinski definition) is 2. The number of unbranched alkanes of at least 4 members (excludes halogenated alkanes) is 1. The molecule has 0 aromatic heterocycles. The second-order valence-electron chi connectivity index (χ2n) is 5.99. The number of rotatable bonds is 6.